The average Bonchev–Trinajstić information content (AvgIpc) is 2.65. The molecular formula is C11H8BrNOS. The first-order valence-corrected chi connectivity index (χ1v) is 6.05. The van der Waals surface area contributed by atoms with Crippen LogP contribution < -0.4 is 0 Å². The predicted octanol–water partition coefficient (Wildman–Crippen LogP) is 3.45. The third-order valence-corrected chi connectivity index (χ3v) is 3.51. The van der Waals surface area contributed by atoms with Crippen molar-refractivity contribution >= 4 is 33.0 Å². The fraction of sp³-hybridized carbons (Fsp3) is 0.0909. The molecule has 0 aliphatic rings. The van der Waals surface area contributed by atoms with E-state index < -0.39 is 0 Å². The van der Waals surface area contributed by atoms with Crippen molar-refractivity contribution in [2.24, 2.45) is 0 Å². The smallest absolute Gasteiger partial charge is 0.195 e. The van der Waals surface area contributed by atoms with Gasteiger partial charge in [0.2, 0.25) is 0 Å². The van der Waals surface area contributed by atoms with Gasteiger partial charge in [-0.1, -0.05) is 0 Å². The molecule has 15 heavy (non-hydrogen) atoms. The molecule has 0 amide bonds. The van der Waals surface area contributed by atoms with Crippen LogP contribution in [0.2, 0.25) is 0 Å². The summed E-state index contributed by atoms with van der Waals surface area (Å²) in [4.78, 5) is 16.0. The number of ketones is 1. The molecule has 0 aliphatic carbocycles. The first-order valence-electron chi connectivity index (χ1n) is 4.38. The van der Waals surface area contributed by atoms with Gasteiger partial charge in [0, 0.05) is 28.4 Å². The van der Waals surface area contributed by atoms with Crippen molar-refractivity contribution in [3.05, 3.63) is 50.4 Å². The molecule has 2 nitrogen and oxygen atoms in total. The summed E-state index contributed by atoms with van der Waals surface area (Å²) in [6.45, 7) is 1.90. The highest BCUT2D eigenvalue weighted by atomic mass is 79.9. The minimum atomic E-state index is 0.0180. The highest BCUT2D eigenvalue weighted by Gasteiger charge is 2.10. The van der Waals surface area contributed by atoms with E-state index >= 15 is 0 Å². The molecule has 2 aromatic heterocycles. The van der Waals surface area contributed by atoms with Crippen LogP contribution in [-0.2, 0) is 0 Å². The number of rotatable bonds is 2. The Balaban J connectivity index is 2.32. The molecule has 0 atom stereocenters. The van der Waals surface area contributed by atoms with Crippen molar-refractivity contribution in [2.75, 3.05) is 0 Å². The van der Waals surface area contributed by atoms with Gasteiger partial charge in [-0.3, -0.25) is 9.78 Å². The summed E-state index contributed by atoms with van der Waals surface area (Å²) in [6.07, 6.45) is 1.61. The summed E-state index contributed by atoms with van der Waals surface area (Å²) in [5.74, 6) is 0.0180. The maximum absolute atomic E-state index is 11.9. The van der Waals surface area contributed by atoms with Gasteiger partial charge in [0.1, 0.15) is 0 Å². The number of thiophene rings is 1. The van der Waals surface area contributed by atoms with Gasteiger partial charge >= 0.3 is 0 Å². The summed E-state index contributed by atoms with van der Waals surface area (Å²) in [6, 6.07) is 5.47. The molecule has 0 saturated carbocycles. The maximum Gasteiger partial charge on any atom is 0.195 e. The molecule has 0 fully saturated rings. The Labute approximate surface area is 100 Å². The number of aryl methyl sites for hydroxylation is 1. The molecule has 76 valence electrons. The van der Waals surface area contributed by atoms with Gasteiger partial charge in [0.25, 0.3) is 0 Å². The fourth-order valence-electron chi connectivity index (χ4n) is 1.20. The van der Waals surface area contributed by atoms with Gasteiger partial charge < -0.3 is 0 Å². The van der Waals surface area contributed by atoms with Crippen LogP contribution in [0.25, 0.3) is 0 Å². The van der Waals surface area contributed by atoms with E-state index in [1.165, 1.54) is 11.3 Å². The molecule has 0 unspecified atom stereocenters. The summed E-state index contributed by atoms with van der Waals surface area (Å²) >= 11 is 4.84. The first kappa shape index (κ1) is 10.5. The van der Waals surface area contributed by atoms with Crippen LogP contribution in [0.15, 0.2) is 33.6 Å². The van der Waals surface area contributed by atoms with Crippen molar-refractivity contribution in [3.63, 3.8) is 0 Å². The minimum Gasteiger partial charge on any atom is -0.289 e. The summed E-state index contributed by atoms with van der Waals surface area (Å²) in [5.41, 5.74) is 2.25. The molecule has 0 radical (unpaired) electrons. The third-order valence-electron chi connectivity index (χ3n) is 2.00. The van der Waals surface area contributed by atoms with Gasteiger partial charge in [0.05, 0.1) is 3.79 Å². The zero-order valence-corrected chi connectivity index (χ0v) is 10.4. The van der Waals surface area contributed by atoms with Crippen LogP contribution >= 0.6 is 27.3 Å². The fourth-order valence-corrected chi connectivity index (χ4v) is 2.33. The van der Waals surface area contributed by atoms with Gasteiger partial charge in [-0.2, -0.15) is 0 Å². The van der Waals surface area contributed by atoms with E-state index in [-0.39, 0.29) is 5.78 Å². The first-order chi connectivity index (χ1) is 7.16. The van der Waals surface area contributed by atoms with Crippen molar-refractivity contribution in [1.82, 2.24) is 4.98 Å². The Morgan fingerprint density at radius 1 is 1.40 bits per heavy atom. The van der Waals surface area contributed by atoms with Gasteiger partial charge in [0.15, 0.2) is 5.78 Å². The van der Waals surface area contributed by atoms with Crippen LogP contribution in [0.3, 0.4) is 0 Å². The molecule has 0 saturated heterocycles. The Hall–Kier alpha value is -1.00. The number of carbonyl (C=O) groups excluding carboxylic acids is 1. The second kappa shape index (κ2) is 4.24. The molecule has 0 bridgehead atoms. The maximum atomic E-state index is 11.9. The van der Waals surface area contributed by atoms with Crippen molar-refractivity contribution < 1.29 is 4.79 Å². The summed E-state index contributed by atoms with van der Waals surface area (Å²) in [5, 5.41) is 1.84. The largest absolute Gasteiger partial charge is 0.289 e. The van der Waals surface area contributed by atoms with Crippen LogP contribution in [0, 0.1) is 6.92 Å². The molecule has 4 heteroatoms. The third kappa shape index (κ3) is 2.33. The lowest BCUT2D eigenvalue weighted by atomic mass is 10.1. The number of pyridine rings is 1. The normalized spacial score (nSPS) is 10.3. The molecule has 0 spiro atoms. The van der Waals surface area contributed by atoms with Crippen molar-refractivity contribution in [1.29, 1.82) is 0 Å². The Morgan fingerprint density at radius 2 is 2.20 bits per heavy atom. The van der Waals surface area contributed by atoms with E-state index in [0.717, 1.165) is 9.48 Å². The van der Waals surface area contributed by atoms with Crippen LogP contribution in [0.5, 0.6) is 0 Å². The van der Waals surface area contributed by atoms with Crippen LogP contribution in [0.4, 0.5) is 0 Å². The molecule has 2 rings (SSSR count). The Bertz CT molecular complexity index is 490. The monoisotopic (exact) mass is 281 g/mol. The number of nitrogens with zero attached hydrogens (tertiary/aromatic N) is 1. The van der Waals surface area contributed by atoms with Gasteiger partial charge in [-0.25, -0.2) is 0 Å². The summed E-state index contributed by atoms with van der Waals surface area (Å²) < 4.78 is 0.964. The van der Waals surface area contributed by atoms with Crippen LogP contribution in [0.1, 0.15) is 21.6 Å². The number of carbonyl (C=O) groups is 1. The van der Waals surface area contributed by atoms with Crippen molar-refractivity contribution in [3.8, 4) is 0 Å². The number of hydrogen-bond acceptors (Lipinski definition) is 3. The molecule has 0 N–H and O–H groups in total. The number of halogens is 1. The minimum absolute atomic E-state index is 0.0180. The van der Waals surface area contributed by atoms with Crippen LogP contribution in [-0.4, -0.2) is 10.8 Å². The lowest BCUT2D eigenvalue weighted by Crippen LogP contribution is -2.00. The lowest BCUT2D eigenvalue weighted by Gasteiger charge is -1.97. The quantitative estimate of drug-likeness (QED) is 0.790. The van der Waals surface area contributed by atoms with E-state index in [9.17, 15) is 4.79 Å². The van der Waals surface area contributed by atoms with Crippen molar-refractivity contribution in [2.45, 2.75) is 6.92 Å². The molecule has 0 aromatic carbocycles. The lowest BCUT2D eigenvalue weighted by molar-refractivity contribution is 0.103. The van der Waals surface area contributed by atoms with E-state index in [4.69, 9.17) is 0 Å². The summed E-state index contributed by atoms with van der Waals surface area (Å²) in [7, 11) is 0. The highest BCUT2D eigenvalue weighted by molar-refractivity contribution is 9.11. The van der Waals surface area contributed by atoms with Gasteiger partial charge in [-0.15, -0.1) is 11.3 Å². The zero-order chi connectivity index (χ0) is 10.8. The molecule has 2 aromatic rings. The topological polar surface area (TPSA) is 30.0 Å². The van der Waals surface area contributed by atoms with Gasteiger partial charge in [-0.05, 0) is 41.1 Å². The molecule has 2 heterocycles. The van der Waals surface area contributed by atoms with E-state index in [1.807, 2.05) is 24.4 Å². The molecular weight excluding hydrogens is 274 g/mol. The number of hydrogen-bond donors (Lipinski definition) is 0. The van der Waals surface area contributed by atoms with E-state index in [0.29, 0.717) is 11.1 Å². The second-order valence-corrected chi connectivity index (χ2v) is 5.45. The average molecular weight is 282 g/mol. The highest BCUT2D eigenvalue weighted by Crippen LogP contribution is 2.22. The van der Waals surface area contributed by atoms with E-state index in [2.05, 4.69) is 20.9 Å². The standard InChI is InChI=1S/C11H8BrNOS/c1-7-2-3-8(5-13-7)11(14)9-4-10(12)15-6-9/h2-6H,1H3. The van der Waals surface area contributed by atoms with E-state index in [1.54, 1.807) is 12.3 Å². The Kier molecular flexibility index (Phi) is 2.98. The molecule has 0 aliphatic heterocycles. The number of aromatic nitrogens is 1. The predicted molar refractivity (Wildman–Crippen MR) is 64.4 cm³/mol. The second-order valence-electron chi connectivity index (χ2n) is 3.16. The SMILES string of the molecule is Cc1ccc(C(=O)c2csc(Br)c2)cn1. The zero-order valence-electron chi connectivity index (χ0n) is 8.03. The Morgan fingerprint density at radius 3 is 2.73 bits per heavy atom.